The van der Waals surface area contributed by atoms with Crippen molar-refractivity contribution in [2.24, 2.45) is 0 Å². The van der Waals surface area contributed by atoms with Crippen LogP contribution in [-0.2, 0) is 32.6 Å². The zero-order chi connectivity index (χ0) is 27.7. The lowest BCUT2D eigenvalue weighted by Crippen LogP contribution is -2.53. The molecule has 0 saturated heterocycles. The van der Waals surface area contributed by atoms with Crippen LogP contribution >= 0.6 is 0 Å². The summed E-state index contributed by atoms with van der Waals surface area (Å²) < 4.78 is 27.1. The second-order valence-corrected chi connectivity index (χ2v) is 11.5. The fourth-order valence-corrected chi connectivity index (χ4v) is 5.29. The Balaban J connectivity index is 2.06. The number of sulfonamides is 1. The Kier molecular flexibility index (Phi) is 10.1. The minimum absolute atomic E-state index is 0.0483. The molecule has 0 aliphatic heterocycles. The lowest BCUT2D eigenvalue weighted by molar-refractivity contribution is -0.140. The average molecular weight is 536 g/mol. The van der Waals surface area contributed by atoms with E-state index in [1.54, 1.807) is 12.1 Å². The van der Waals surface area contributed by atoms with Gasteiger partial charge in [0, 0.05) is 19.5 Å². The molecule has 0 aliphatic carbocycles. The number of nitrogens with zero attached hydrogens (tertiary/aromatic N) is 2. The van der Waals surface area contributed by atoms with E-state index in [2.05, 4.69) is 5.32 Å². The first-order chi connectivity index (χ1) is 18.1. The quantitative estimate of drug-likeness (QED) is 0.374. The zero-order valence-electron chi connectivity index (χ0n) is 22.5. The lowest BCUT2D eigenvalue weighted by Gasteiger charge is -2.34. The number of amides is 2. The Hall–Kier alpha value is -3.65. The molecule has 2 amide bonds. The first-order valence-electron chi connectivity index (χ1n) is 12.8. The van der Waals surface area contributed by atoms with Crippen molar-refractivity contribution in [3.8, 4) is 0 Å². The van der Waals surface area contributed by atoms with Crippen molar-refractivity contribution in [1.29, 1.82) is 0 Å². The average Bonchev–Trinajstić information content (AvgIpc) is 2.89. The van der Waals surface area contributed by atoms with Crippen LogP contribution in [0.4, 0.5) is 5.69 Å². The van der Waals surface area contributed by atoms with Crippen molar-refractivity contribution in [1.82, 2.24) is 10.2 Å². The third kappa shape index (κ3) is 7.68. The Bertz CT molecular complexity index is 1310. The Labute approximate surface area is 226 Å². The largest absolute Gasteiger partial charge is 0.355 e. The van der Waals surface area contributed by atoms with Gasteiger partial charge in [0.25, 0.3) is 0 Å². The number of hydrogen-bond donors (Lipinski definition) is 1. The van der Waals surface area contributed by atoms with Gasteiger partial charge in [0.05, 0.1) is 11.9 Å². The summed E-state index contributed by atoms with van der Waals surface area (Å²) >= 11 is 0. The monoisotopic (exact) mass is 535 g/mol. The van der Waals surface area contributed by atoms with Crippen LogP contribution in [0, 0.1) is 0 Å². The molecule has 8 heteroatoms. The highest BCUT2D eigenvalue weighted by Gasteiger charge is 2.33. The first kappa shape index (κ1) is 28.9. The Morgan fingerprint density at radius 2 is 1.39 bits per heavy atom. The predicted molar refractivity (Wildman–Crippen MR) is 152 cm³/mol. The predicted octanol–water partition coefficient (Wildman–Crippen LogP) is 4.35. The van der Waals surface area contributed by atoms with Crippen molar-refractivity contribution in [3.63, 3.8) is 0 Å². The molecule has 0 unspecified atom stereocenters. The number of para-hydroxylation sites is 1. The van der Waals surface area contributed by atoms with Crippen LogP contribution in [0.15, 0.2) is 84.9 Å². The highest BCUT2D eigenvalue weighted by atomic mass is 32.2. The third-order valence-electron chi connectivity index (χ3n) is 6.32. The van der Waals surface area contributed by atoms with Crippen LogP contribution in [0.5, 0.6) is 0 Å². The van der Waals surface area contributed by atoms with E-state index >= 15 is 0 Å². The van der Waals surface area contributed by atoms with Crippen molar-refractivity contribution in [2.75, 3.05) is 23.7 Å². The maximum atomic E-state index is 14.0. The normalized spacial score (nSPS) is 12.1. The molecule has 0 saturated carbocycles. The van der Waals surface area contributed by atoms with E-state index < -0.39 is 28.5 Å². The molecule has 3 aromatic carbocycles. The highest BCUT2D eigenvalue weighted by Crippen LogP contribution is 2.29. The maximum absolute atomic E-state index is 14.0. The summed E-state index contributed by atoms with van der Waals surface area (Å²) in [6, 6.07) is 25.3. The van der Waals surface area contributed by atoms with Gasteiger partial charge in [0.15, 0.2) is 0 Å². The molecule has 3 rings (SSSR count). The Morgan fingerprint density at radius 1 is 0.842 bits per heavy atom. The molecular weight excluding hydrogens is 498 g/mol. The second-order valence-electron chi connectivity index (χ2n) is 9.59. The van der Waals surface area contributed by atoms with E-state index in [1.165, 1.54) is 4.90 Å². The molecule has 0 aliphatic rings. The summed E-state index contributed by atoms with van der Waals surface area (Å²) in [5.74, 6) is -0.689. The van der Waals surface area contributed by atoms with Gasteiger partial charge < -0.3 is 10.2 Å². The number of hydrogen-bond acceptors (Lipinski definition) is 4. The van der Waals surface area contributed by atoms with Crippen LogP contribution in [0.3, 0.4) is 0 Å². The summed E-state index contributed by atoms with van der Waals surface area (Å²) in [7, 11) is -3.81. The fourth-order valence-electron chi connectivity index (χ4n) is 4.42. The van der Waals surface area contributed by atoms with E-state index in [0.29, 0.717) is 18.7 Å². The number of benzene rings is 3. The molecule has 1 N–H and O–H groups in total. The van der Waals surface area contributed by atoms with Crippen molar-refractivity contribution in [3.05, 3.63) is 102 Å². The number of anilines is 1. The van der Waals surface area contributed by atoms with Gasteiger partial charge in [-0.05, 0) is 35.6 Å². The van der Waals surface area contributed by atoms with Crippen LogP contribution in [0.2, 0.25) is 0 Å². The molecule has 0 heterocycles. The molecule has 3 aromatic rings. The molecule has 38 heavy (non-hydrogen) atoms. The van der Waals surface area contributed by atoms with Gasteiger partial charge in [0.1, 0.15) is 12.6 Å². The summed E-state index contributed by atoms with van der Waals surface area (Å²) in [4.78, 5) is 28.9. The topological polar surface area (TPSA) is 86.8 Å². The Morgan fingerprint density at radius 3 is 1.95 bits per heavy atom. The SMILES string of the molecule is CCNC(=O)[C@H](Cc1ccccc1)N(Cc1ccccc1)C(=O)CN(c1ccccc1C(C)C)S(C)(=O)=O. The smallest absolute Gasteiger partial charge is 0.244 e. The zero-order valence-corrected chi connectivity index (χ0v) is 23.3. The van der Waals surface area contributed by atoms with E-state index in [9.17, 15) is 18.0 Å². The molecule has 7 nitrogen and oxygen atoms in total. The molecule has 202 valence electrons. The standard InChI is InChI=1S/C30H37N3O4S/c1-5-31-30(35)28(20-24-14-8-6-9-15-24)32(21-25-16-10-7-11-17-25)29(34)22-33(38(4,36)37)27-19-13-12-18-26(27)23(2)3/h6-19,23,28H,5,20-22H2,1-4H3,(H,31,35)/t28-/m0/s1. The molecule has 1 atom stereocenters. The summed E-state index contributed by atoms with van der Waals surface area (Å²) in [5, 5.41) is 2.86. The van der Waals surface area contributed by atoms with Crippen LogP contribution in [-0.4, -0.2) is 50.5 Å². The molecule has 0 aromatic heterocycles. The minimum Gasteiger partial charge on any atom is -0.355 e. The first-order valence-corrected chi connectivity index (χ1v) is 14.7. The minimum atomic E-state index is -3.81. The van der Waals surface area contributed by atoms with Gasteiger partial charge in [-0.15, -0.1) is 0 Å². The number of likely N-dealkylation sites (N-methyl/N-ethyl adjacent to an activating group) is 1. The molecule has 0 radical (unpaired) electrons. The maximum Gasteiger partial charge on any atom is 0.244 e. The number of nitrogens with one attached hydrogen (secondary N) is 1. The van der Waals surface area contributed by atoms with Gasteiger partial charge in [-0.1, -0.05) is 92.7 Å². The van der Waals surface area contributed by atoms with Gasteiger partial charge in [-0.25, -0.2) is 8.42 Å². The van der Waals surface area contributed by atoms with Crippen LogP contribution < -0.4 is 9.62 Å². The number of carbonyl (C=O) groups is 2. The van der Waals surface area contributed by atoms with Gasteiger partial charge in [-0.2, -0.15) is 0 Å². The van der Waals surface area contributed by atoms with E-state index in [0.717, 1.165) is 27.3 Å². The second kappa shape index (κ2) is 13.2. The molecule has 0 spiro atoms. The van der Waals surface area contributed by atoms with Gasteiger partial charge >= 0.3 is 0 Å². The lowest BCUT2D eigenvalue weighted by atomic mass is 10.0. The summed E-state index contributed by atoms with van der Waals surface area (Å²) in [5.41, 5.74) is 3.04. The highest BCUT2D eigenvalue weighted by molar-refractivity contribution is 7.92. The molecular formula is C30H37N3O4S. The number of carbonyl (C=O) groups excluding carboxylic acids is 2. The molecule has 0 bridgehead atoms. The van der Waals surface area contributed by atoms with Crippen molar-refractivity contribution < 1.29 is 18.0 Å². The van der Waals surface area contributed by atoms with Gasteiger partial charge in [0.2, 0.25) is 21.8 Å². The van der Waals surface area contributed by atoms with Gasteiger partial charge in [-0.3, -0.25) is 13.9 Å². The fraction of sp³-hybridized carbons (Fsp3) is 0.333. The third-order valence-corrected chi connectivity index (χ3v) is 7.45. The van der Waals surface area contributed by atoms with Crippen LogP contribution in [0.1, 0.15) is 43.4 Å². The molecule has 0 fully saturated rings. The number of rotatable bonds is 12. The van der Waals surface area contributed by atoms with Crippen molar-refractivity contribution >= 4 is 27.5 Å². The summed E-state index contributed by atoms with van der Waals surface area (Å²) in [6.45, 7) is 5.95. The van der Waals surface area contributed by atoms with E-state index in [4.69, 9.17) is 0 Å². The van der Waals surface area contributed by atoms with Crippen molar-refractivity contribution in [2.45, 2.75) is 45.7 Å². The van der Waals surface area contributed by atoms with Crippen LogP contribution in [0.25, 0.3) is 0 Å². The van der Waals surface area contributed by atoms with E-state index in [1.807, 2.05) is 93.6 Å². The van der Waals surface area contributed by atoms with E-state index in [-0.39, 0.29) is 18.4 Å². The summed E-state index contributed by atoms with van der Waals surface area (Å²) in [6.07, 6.45) is 1.40.